The molecule has 6 nitrogen and oxygen atoms in total. The van der Waals surface area contributed by atoms with Crippen molar-refractivity contribution in [3.05, 3.63) is 82.5 Å². The number of aromatic nitrogens is 2. The number of halogens is 1. The Labute approximate surface area is 211 Å². The maximum atomic E-state index is 14.6. The summed E-state index contributed by atoms with van der Waals surface area (Å²) in [6, 6.07) is 17.4. The first-order valence-corrected chi connectivity index (χ1v) is 13.8. The van der Waals surface area contributed by atoms with Crippen molar-refractivity contribution < 1.29 is 18.1 Å². The van der Waals surface area contributed by atoms with Crippen molar-refractivity contribution in [2.24, 2.45) is 0 Å². The number of hydrogen-bond donors (Lipinski definition) is 0. The molecule has 1 heterocycles. The highest BCUT2D eigenvalue weighted by atomic mass is 32.2. The van der Waals surface area contributed by atoms with Gasteiger partial charge in [-0.15, -0.1) is 0 Å². The minimum absolute atomic E-state index is 0.111. The standard InChI is InChI=1S/C28H29FN2O4S/c1-4-35-27-16-19(10-14-26(27)34-2)25(17-36(3)33)31-23-13-9-18(21-7-5-6-8-22(21)29)15-24(23)30(28(31)32)20-11-12-20/h5-10,13-16,20,25H,4,11-12,17H2,1-3H3. The van der Waals surface area contributed by atoms with Crippen molar-refractivity contribution in [3.8, 4) is 22.6 Å². The zero-order valence-corrected chi connectivity index (χ0v) is 21.4. The quantitative estimate of drug-likeness (QED) is 0.307. The van der Waals surface area contributed by atoms with Crippen molar-refractivity contribution in [1.29, 1.82) is 0 Å². The van der Waals surface area contributed by atoms with Crippen LogP contribution in [-0.2, 0) is 10.8 Å². The smallest absolute Gasteiger partial charge is 0.329 e. The Bertz CT molecular complexity index is 1510. The van der Waals surface area contributed by atoms with E-state index in [1.165, 1.54) is 6.07 Å². The second-order valence-electron chi connectivity index (χ2n) is 9.04. The Morgan fingerprint density at radius 1 is 1.06 bits per heavy atom. The van der Waals surface area contributed by atoms with Gasteiger partial charge in [0, 0.05) is 34.4 Å². The molecule has 4 aromatic rings. The normalized spacial score (nSPS) is 15.1. The molecule has 1 aliphatic rings. The van der Waals surface area contributed by atoms with E-state index in [2.05, 4.69) is 0 Å². The first-order chi connectivity index (χ1) is 17.4. The van der Waals surface area contributed by atoms with E-state index in [4.69, 9.17) is 9.47 Å². The molecule has 5 rings (SSSR count). The molecule has 1 aliphatic carbocycles. The van der Waals surface area contributed by atoms with E-state index >= 15 is 0 Å². The molecule has 0 bridgehead atoms. The molecule has 0 amide bonds. The van der Waals surface area contributed by atoms with E-state index in [1.54, 1.807) is 36.1 Å². The summed E-state index contributed by atoms with van der Waals surface area (Å²) in [5, 5.41) is 0. The lowest BCUT2D eigenvalue weighted by Crippen LogP contribution is -2.30. The van der Waals surface area contributed by atoms with Crippen LogP contribution in [0.1, 0.15) is 37.4 Å². The molecule has 0 saturated heterocycles. The topological polar surface area (TPSA) is 62.5 Å². The third-order valence-corrected chi connectivity index (χ3v) is 7.37. The number of nitrogens with zero attached hydrogens (tertiary/aromatic N) is 2. The lowest BCUT2D eigenvalue weighted by molar-refractivity contribution is 0.310. The van der Waals surface area contributed by atoms with Crippen LogP contribution in [0.3, 0.4) is 0 Å². The van der Waals surface area contributed by atoms with Gasteiger partial charge < -0.3 is 9.47 Å². The Kier molecular flexibility index (Phi) is 6.71. The number of ether oxygens (including phenoxy) is 2. The molecule has 36 heavy (non-hydrogen) atoms. The van der Waals surface area contributed by atoms with Crippen LogP contribution < -0.4 is 15.2 Å². The Balaban J connectivity index is 1.72. The number of imidazole rings is 1. The minimum Gasteiger partial charge on any atom is -0.493 e. The summed E-state index contributed by atoms with van der Waals surface area (Å²) in [6.07, 6.45) is 3.48. The molecular weight excluding hydrogens is 479 g/mol. The number of hydrogen-bond acceptors (Lipinski definition) is 4. The van der Waals surface area contributed by atoms with Crippen molar-refractivity contribution in [1.82, 2.24) is 9.13 Å². The van der Waals surface area contributed by atoms with E-state index in [0.29, 0.717) is 29.2 Å². The van der Waals surface area contributed by atoms with Crippen LogP contribution >= 0.6 is 0 Å². The van der Waals surface area contributed by atoms with Gasteiger partial charge in [-0.05, 0) is 61.2 Å². The van der Waals surface area contributed by atoms with Gasteiger partial charge >= 0.3 is 5.69 Å². The zero-order chi connectivity index (χ0) is 25.4. The first-order valence-electron chi connectivity index (χ1n) is 12.0. The fourth-order valence-electron chi connectivity index (χ4n) is 4.80. The van der Waals surface area contributed by atoms with Gasteiger partial charge in [0.05, 0.1) is 30.8 Å². The third kappa shape index (κ3) is 4.46. The molecule has 0 aliphatic heterocycles. The largest absolute Gasteiger partial charge is 0.493 e. The van der Waals surface area contributed by atoms with E-state index in [9.17, 15) is 13.4 Å². The molecule has 2 atom stereocenters. The molecule has 0 spiro atoms. The van der Waals surface area contributed by atoms with Gasteiger partial charge in [-0.3, -0.25) is 13.3 Å². The number of methoxy groups -OCH3 is 1. The third-order valence-electron chi connectivity index (χ3n) is 6.58. The maximum absolute atomic E-state index is 14.6. The van der Waals surface area contributed by atoms with Crippen molar-refractivity contribution in [3.63, 3.8) is 0 Å². The van der Waals surface area contributed by atoms with E-state index in [0.717, 1.165) is 29.4 Å². The van der Waals surface area contributed by atoms with Crippen LogP contribution in [0, 0.1) is 5.82 Å². The SMILES string of the molecule is CCOc1cc(C(CS(C)=O)n2c(=O)n(C3CC3)c3cc(-c4ccccc4F)ccc32)ccc1OC. The molecule has 188 valence electrons. The highest BCUT2D eigenvalue weighted by Crippen LogP contribution is 2.39. The number of benzene rings is 3. The molecule has 8 heteroatoms. The lowest BCUT2D eigenvalue weighted by Gasteiger charge is -2.20. The molecule has 1 saturated carbocycles. The van der Waals surface area contributed by atoms with Crippen LogP contribution in [-0.4, -0.2) is 39.1 Å². The van der Waals surface area contributed by atoms with Crippen LogP contribution in [0.4, 0.5) is 4.39 Å². The molecular formula is C28H29FN2O4S. The predicted molar refractivity (Wildman–Crippen MR) is 141 cm³/mol. The highest BCUT2D eigenvalue weighted by Gasteiger charge is 2.32. The Hall–Kier alpha value is -3.39. The van der Waals surface area contributed by atoms with E-state index < -0.39 is 16.8 Å². The van der Waals surface area contributed by atoms with Gasteiger partial charge in [0.1, 0.15) is 5.82 Å². The highest BCUT2D eigenvalue weighted by molar-refractivity contribution is 7.84. The summed E-state index contributed by atoms with van der Waals surface area (Å²) < 4.78 is 41.8. The summed E-state index contributed by atoms with van der Waals surface area (Å²) in [7, 11) is 0.401. The minimum atomic E-state index is -1.18. The van der Waals surface area contributed by atoms with Crippen LogP contribution in [0.2, 0.25) is 0 Å². The fraction of sp³-hybridized carbons (Fsp3) is 0.321. The molecule has 1 aromatic heterocycles. The fourth-order valence-corrected chi connectivity index (χ4v) is 5.59. The first kappa shape index (κ1) is 24.3. The molecule has 1 fully saturated rings. The maximum Gasteiger partial charge on any atom is 0.329 e. The van der Waals surface area contributed by atoms with Gasteiger partial charge in [0.25, 0.3) is 0 Å². The second kappa shape index (κ2) is 9.93. The average Bonchev–Trinajstić information content (AvgIpc) is 3.65. The summed E-state index contributed by atoms with van der Waals surface area (Å²) in [5.41, 5.74) is 3.35. The van der Waals surface area contributed by atoms with Gasteiger partial charge in [-0.25, -0.2) is 9.18 Å². The summed E-state index contributed by atoms with van der Waals surface area (Å²) in [4.78, 5) is 13.9. The summed E-state index contributed by atoms with van der Waals surface area (Å²) in [5.74, 6) is 1.12. The van der Waals surface area contributed by atoms with Crippen LogP contribution in [0.15, 0.2) is 65.5 Å². The van der Waals surface area contributed by atoms with Crippen molar-refractivity contribution >= 4 is 21.8 Å². The van der Waals surface area contributed by atoms with Crippen LogP contribution in [0.25, 0.3) is 22.2 Å². The Morgan fingerprint density at radius 3 is 2.50 bits per heavy atom. The van der Waals surface area contributed by atoms with Crippen molar-refractivity contribution in [2.45, 2.75) is 31.8 Å². The zero-order valence-electron chi connectivity index (χ0n) is 20.6. The molecule has 0 N–H and O–H groups in total. The van der Waals surface area contributed by atoms with Crippen LogP contribution in [0.5, 0.6) is 11.5 Å². The summed E-state index contributed by atoms with van der Waals surface area (Å²) in [6.45, 7) is 2.36. The van der Waals surface area contributed by atoms with Gasteiger partial charge in [0.15, 0.2) is 11.5 Å². The van der Waals surface area contributed by atoms with E-state index in [-0.39, 0.29) is 23.3 Å². The monoisotopic (exact) mass is 508 g/mol. The number of rotatable bonds is 9. The second-order valence-corrected chi connectivity index (χ2v) is 10.5. The molecule has 2 unspecified atom stereocenters. The van der Waals surface area contributed by atoms with Gasteiger partial charge in [0.2, 0.25) is 0 Å². The predicted octanol–water partition coefficient (Wildman–Crippen LogP) is 5.32. The average molecular weight is 509 g/mol. The van der Waals surface area contributed by atoms with Crippen molar-refractivity contribution in [2.75, 3.05) is 25.7 Å². The van der Waals surface area contributed by atoms with Gasteiger partial charge in [-0.1, -0.05) is 30.3 Å². The number of fused-ring (bicyclic) bond motifs is 1. The van der Waals surface area contributed by atoms with E-state index in [1.807, 2.05) is 47.9 Å². The van der Waals surface area contributed by atoms with Gasteiger partial charge in [-0.2, -0.15) is 0 Å². The molecule has 0 radical (unpaired) electrons. The molecule has 3 aromatic carbocycles. The Morgan fingerprint density at radius 2 is 1.83 bits per heavy atom. The summed E-state index contributed by atoms with van der Waals surface area (Å²) >= 11 is 0. The lowest BCUT2D eigenvalue weighted by atomic mass is 10.0.